The third-order valence-electron chi connectivity index (χ3n) is 0. The summed E-state index contributed by atoms with van der Waals surface area (Å²) in [6, 6.07) is 0. The molecule has 0 aliphatic heterocycles. The second-order valence-corrected chi connectivity index (χ2v) is 0.651. The molecule has 1 unspecified atom stereocenters. The fourth-order valence-corrected chi connectivity index (χ4v) is 0. The maximum absolute atomic E-state index is 8.56. The normalized spacial score (nSPS) is 9.71. The van der Waals surface area contributed by atoms with Crippen LogP contribution in [0.3, 0.4) is 0 Å². The van der Waals surface area contributed by atoms with E-state index in [2.05, 4.69) is 11.7 Å². The van der Waals surface area contributed by atoms with Crippen molar-refractivity contribution in [2.45, 2.75) is 0 Å². The van der Waals surface area contributed by atoms with Gasteiger partial charge in [0.1, 0.15) is 0 Å². The van der Waals surface area contributed by atoms with Crippen molar-refractivity contribution in [2.75, 3.05) is 0 Å². The second kappa shape index (κ2) is 15.8. The third-order valence-corrected chi connectivity index (χ3v) is 0. The minimum atomic E-state index is -2.86. The first-order valence-corrected chi connectivity index (χ1v) is 1.88. The van der Waals surface area contributed by atoms with Crippen LogP contribution in [0, 0.1) is 0 Å². The van der Waals surface area contributed by atoms with Gasteiger partial charge >= 0.3 is 29.6 Å². The molecule has 40 valence electrons. The van der Waals surface area contributed by atoms with Crippen LogP contribution >= 0.6 is 0 Å². The van der Waals surface area contributed by atoms with Crippen molar-refractivity contribution in [2.24, 2.45) is 11.7 Å². The van der Waals surface area contributed by atoms with Crippen molar-refractivity contribution in [1.82, 2.24) is 0 Å². The van der Waals surface area contributed by atoms with Gasteiger partial charge in [0.25, 0.3) is 0 Å². The quantitative estimate of drug-likeness (QED) is 0.134. The summed E-state index contributed by atoms with van der Waals surface area (Å²) in [7, 11) is 0. The minimum Gasteiger partial charge on any atom is -0.750 e. The zero-order chi connectivity index (χ0) is 5.58. The first kappa shape index (κ1) is 15.7. The summed E-state index contributed by atoms with van der Waals surface area (Å²) in [6.07, 6.45) is 0. The van der Waals surface area contributed by atoms with Crippen molar-refractivity contribution in [3.8, 4) is 0 Å². The molecule has 0 heterocycles. The molecule has 7 heavy (non-hydrogen) atoms. The van der Waals surface area contributed by atoms with Crippen molar-refractivity contribution in [1.29, 1.82) is 0 Å². The van der Waals surface area contributed by atoms with Gasteiger partial charge in [-0.1, -0.05) is 0 Å². The molecule has 1 atom stereocenters. The Bertz CT molecular complexity index is 35.9. The molecule has 0 saturated carbocycles. The molecule has 0 rings (SSSR count). The minimum absolute atomic E-state index is 0. The van der Waals surface area contributed by atoms with Crippen molar-refractivity contribution < 1.29 is 42.9 Å². The Morgan fingerprint density at radius 2 is 1.57 bits per heavy atom. The van der Waals surface area contributed by atoms with Crippen LogP contribution in [0.15, 0.2) is 0 Å². The molecule has 0 aromatic heterocycles. The zero-order valence-electron chi connectivity index (χ0n) is 3.83. The zero-order valence-corrected chi connectivity index (χ0v) is 6.64. The molecule has 7 heteroatoms. The molecule has 0 aromatic carbocycles. The van der Waals surface area contributed by atoms with Crippen molar-refractivity contribution in [3.63, 3.8) is 0 Å². The first-order chi connectivity index (χ1) is 2.73. The summed E-state index contributed by atoms with van der Waals surface area (Å²) in [5, 5.41) is 0. The van der Waals surface area contributed by atoms with Crippen LogP contribution in [0.5, 0.6) is 0 Å². The molecule has 0 aliphatic carbocycles. The number of nitrogens with two attached hydrogens (primary N) is 2. The largest absolute Gasteiger partial charge is 1.00 e. The first-order valence-electron chi connectivity index (χ1n) is 0.849. The Morgan fingerprint density at radius 3 is 1.57 bits per heavy atom. The van der Waals surface area contributed by atoms with E-state index in [4.69, 9.17) is 13.3 Å². The molecule has 0 saturated heterocycles. The number of hydrogen-bond donors (Lipinski definition) is 3. The molecule has 0 amide bonds. The van der Waals surface area contributed by atoms with E-state index in [1.807, 2.05) is 0 Å². The monoisotopic (exact) mass is 136 g/mol. The van der Waals surface area contributed by atoms with Gasteiger partial charge in [0.05, 0.1) is 11.4 Å². The van der Waals surface area contributed by atoms with Gasteiger partial charge in [0.15, 0.2) is 0 Å². The van der Waals surface area contributed by atoms with E-state index in [0.29, 0.717) is 0 Å². The van der Waals surface area contributed by atoms with E-state index in [-0.39, 0.29) is 29.6 Å². The van der Waals surface area contributed by atoms with Gasteiger partial charge in [-0.05, 0) is 0 Å². The Balaban J connectivity index is -0.0000000480. The third kappa shape index (κ3) is 178. The Hall–Kier alpha value is 0.990. The average molecular weight is 136 g/mol. The van der Waals surface area contributed by atoms with Gasteiger partial charge in [-0.2, -0.15) is 0 Å². The van der Waals surface area contributed by atoms with Gasteiger partial charge in [0, 0.05) is 0 Å². The van der Waals surface area contributed by atoms with Gasteiger partial charge < -0.3 is 9.11 Å². The van der Waals surface area contributed by atoms with Crippen molar-refractivity contribution in [3.05, 3.63) is 0 Å². The number of hydrogen-bond acceptors (Lipinski definition) is 4. The Morgan fingerprint density at radius 1 is 1.57 bits per heavy atom. The molecule has 5 nitrogen and oxygen atoms in total. The van der Waals surface area contributed by atoms with E-state index >= 15 is 0 Å². The Kier molecular flexibility index (Phi) is 35.3. The summed E-state index contributed by atoms with van der Waals surface area (Å²) in [4.78, 5) is 0. The molecule has 0 aromatic rings. The molecule has 0 spiro atoms. The van der Waals surface area contributed by atoms with E-state index in [0.717, 1.165) is 0 Å². The van der Waals surface area contributed by atoms with Crippen LogP contribution in [-0.2, 0) is 11.4 Å². The standard InChI is InChI=1S/H4N2.Na.H2O3S/c1-2;;1-4(2)3/h1-2H2;;(H2,1,2,3)/q;+1;/p-1. The maximum Gasteiger partial charge on any atom is 1.00 e. The number of rotatable bonds is 0. The summed E-state index contributed by atoms with van der Waals surface area (Å²) in [5.74, 6) is 8.00. The average Bonchev–Trinajstić information content (AvgIpc) is 1.41. The van der Waals surface area contributed by atoms with Crippen LogP contribution in [-0.4, -0.2) is 13.3 Å². The molecule has 0 aliphatic rings. The van der Waals surface area contributed by atoms with Crippen LogP contribution < -0.4 is 41.2 Å². The van der Waals surface area contributed by atoms with E-state index in [1.165, 1.54) is 0 Å². The van der Waals surface area contributed by atoms with E-state index in [1.54, 1.807) is 0 Å². The van der Waals surface area contributed by atoms with Crippen LogP contribution in [0.2, 0.25) is 0 Å². The van der Waals surface area contributed by atoms with Gasteiger partial charge in [-0.25, -0.2) is 4.21 Å². The summed E-state index contributed by atoms with van der Waals surface area (Å²) < 4.78 is 24.1. The van der Waals surface area contributed by atoms with Crippen molar-refractivity contribution >= 4 is 11.4 Å². The molecular weight excluding hydrogens is 131 g/mol. The molecule has 0 bridgehead atoms. The fraction of sp³-hybridized carbons (Fsp3) is 0. The smallest absolute Gasteiger partial charge is 0.750 e. The van der Waals surface area contributed by atoms with E-state index < -0.39 is 11.4 Å². The molecule has 0 fully saturated rings. The SMILES string of the molecule is NN.O=S([O-])O.[Na+]. The predicted octanol–water partition coefficient (Wildman–Crippen LogP) is -4.84. The fourth-order valence-electron chi connectivity index (χ4n) is 0. The Labute approximate surface area is 65.8 Å². The summed E-state index contributed by atoms with van der Waals surface area (Å²) >= 11 is -2.86. The summed E-state index contributed by atoms with van der Waals surface area (Å²) in [5.41, 5.74) is 0. The van der Waals surface area contributed by atoms with Crippen LogP contribution in [0.4, 0.5) is 0 Å². The predicted molar refractivity (Wildman–Crippen MR) is 19.9 cm³/mol. The van der Waals surface area contributed by atoms with E-state index in [9.17, 15) is 0 Å². The molecular formula is H5N2NaO3S. The van der Waals surface area contributed by atoms with Gasteiger partial charge in [-0.15, -0.1) is 0 Å². The molecule has 5 N–H and O–H groups in total. The van der Waals surface area contributed by atoms with Crippen LogP contribution in [0.1, 0.15) is 0 Å². The molecule has 0 radical (unpaired) electrons. The summed E-state index contributed by atoms with van der Waals surface area (Å²) in [6.45, 7) is 0. The van der Waals surface area contributed by atoms with Gasteiger partial charge in [-0.3, -0.25) is 11.7 Å². The number of hydrazine groups is 1. The maximum atomic E-state index is 8.56. The van der Waals surface area contributed by atoms with Crippen LogP contribution in [0.25, 0.3) is 0 Å². The van der Waals surface area contributed by atoms with Gasteiger partial charge in [0.2, 0.25) is 0 Å². The topological polar surface area (TPSA) is 112 Å². The second-order valence-electron chi connectivity index (χ2n) is 0.217.